The molecule has 0 aliphatic rings. The molecule has 0 fully saturated rings. The van der Waals surface area contributed by atoms with Crippen molar-refractivity contribution in [1.82, 2.24) is 5.32 Å². The zero-order valence-corrected chi connectivity index (χ0v) is 11.5. The predicted molar refractivity (Wildman–Crippen MR) is 73.7 cm³/mol. The Balaban J connectivity index is 2.10. The Bertz CT molecular complexity index is 508. The molecule has 1 N–H and O–H groups in total. The summed E-state index contributed by atoms with van der Waals surface area (Å²) in [4.78, 5) is 12.0. The minimum atomic E-state index is -0.131. The molecule has 0 aliphatic carbocycles. The summed E-state index contributed by atoms with van der Waals surface area (Å²) in [5.41, 5.74) is 0.687. The molecule has 3 nitrogen and oxygen atoms in total. The van der Waals surface area contributed by atoms with Gasteiger partial charge < -0.3 is 9.73 Å². The summed E-state index contributed by atoms with van der Waals surface area (Å²) in [6.45, 7) is 1.90. The van der Waals surface area contributed by atoms with Crippen LogP contribution in [0.15, 0.2) is 47.1 Å². The van der Waals surface area contributed by atoms with E-state index in [1.807, 2.05) is 43.3 Å². The zero-order chi connectivity index (χ0) is 12.3. The third-order valence-corrected chi connectivity index (χ3v) is 3.38. The third kappa shape index (κ3) is 2.88. The smallest absolute Gasteiger partial charge is 0.252 e. The summed E-state index contributed by atoms with van der Waals surface area (Å²) in [5, 5.41) is 2.90. The highest BCUT2D eigenvalue weighted by atomic mass is 127. The van der Waals surface area contributed by atoms with Crippen LogP contribution in [-0.2, 0) is 0 Å². The van der Waals surface area contributed by atoms with Gasteiger partial charge in [-0.25, -0.2) is 0 Å². The molecule has 1 atom stereocenters. The lowest BCUT2D eigenvalue weighted by Crippen LogP contribution is -2.27. The molecule has 0 bridgehead atoms. The normalized spacial score (nSPS) is 12.1. The first-order valence-electron chi connectivity index (χ1n) is 5.27. The number of furan rings is 1. The summed E-state index contributed by atoms with van der Waals surface area (Å²) < 4.78 is 6.18. The maximum atomic E-state index is 12.0. The number of benzene rings is 1. The Morgan fingerprint density at radius 2 is 2.06 bits per heavy atom. The van der Waals surface area contributed by atoms with Crippen molar-refractivity contribution in [2.75, 3.05) is 0 Å². The molecule has 0 aliphatic heterocycles. The van der Waals surface area contributed by atoms with Crippen molar-refractivity contribution in [1.29, 1.82) is 0 Å². The van der Waals surface area contributed by atoms with Gasteiger partial charge in [-0.2, -0.15) is 0 Å². The molecule has 1 unspecified atom stereocenters. The average Bonchev–Trinajstić information content (AvgIpc) is 2.82. The maximum Gasteiger partial charge on any atom is 0.252 e. The van der Waals surface area contributed by atoms with Crippen LogP contribution in [0, 0.1) is 3.57 Å². The van der Waals surface area contributed by atoms with Gasteiger partial charge in [0, 0.05) is 3.57 Å². The molecule has 1 aromatic heterocycles. The first-order valence-corrected chi connectivity index (χ1v) is 6.35. The van der Waals surface area contributed by atoms with Crippen LogP contribution in [0.3, 0.4) is 0 Å². The number of hydrogen-bond acceptors (Lipinski definition) is 2. The number of halogens is 1. The van der Waals surface area contributed by atoms with Crippen LogP contribution in [0.5, 0.6) is 0 Å². The van der Waals surface area contributed by atoms with Crippen molar-refractivity contribution < 1.29 is 9.21 Å². The Morgan fingerprint density at radius 1 is 1.29 bits per heavy atom. The van der Waals surface area contributed by atoms with E-state index in [-0.39, 0.29) is 11.9 Å². The summed E-state index contributed by atoms with van der Waals surface area (Å²) in [7, 11) is 0. The predicted octanol–water partition coefficient (Wildman–Crippen LogP) is 3.38. The summed E-state index contributed by atoms with van der Waals surface area (Å²) >= 11 is 2.15. The van der Waals surface area contributed by atoms with Gasteiger partial charge in [0.25, 0.3) is 5.91 Å². The summed E-state index contributed by atoms with van der Waals surface area (Å²) in [6.07, 6.45) is 1.60. The van der Waals surface area contributed by atoms with Crippen LogP contribution in [0.2, 0.25) is 0 Å². The van der Waals surface area contributed by atoms with Gasteiger partial charge in [0.1, 0.15) is 5.76 Å². The van der Waals surface area contributed by atoms with Crippen LogP contribution in [0.1, 0.15) is 29.1 Å². The van der Waals surface area contributed by atoms with E-state index < -0.39 is 0 Å². The number of hydrogen-bond donors (Lipinski definition) is 1. The lowest BCUT2D eigenvalue weighted by molar-refractivity contribution is 0.0934. The molecule has 0 radical (unpaired) electrons. The second kappa shape index (κ2) is 5.35. The van der Waals surface area contributed by atoms with Gasteiger partial charge in [-0.1, -0.05) is 12.1 Å². The van der Waals surface area contributed by atoms with Crippen LogP contribution in [0.4, 0.5) is 0 Å². The van der Waals surface area contributed by atoms with E-state index in [0.717, 1.165) is 9.33 Å². The Morgan fingerprint density at radius 3 is 2.71 bits per heavy atom. The molecule has 0 saturated carbocycles. The fourth-order valence-corrected chi connectivity index (χ4v) is 2.16. The molecule has 17 heavy (non-hydrogen) atoms. The van der Waals surface area contributed by atoms with Crippen molar-refractivity contribution in [3.8, 4) is 0 Å². The van der Waals surface area contributed by atoms with Gasteiger partial charge >= 0.3 is 0 Å². The SMILES string of the molecule is CC(NC(=O)c1ccccc1I)c1ccco1. The van der Waals surface area contributed by atoms with Gasteiger partial charge in [-0.3, -0.25) is 4.79 Å². The van der Waals surface area contributed by atoms with Gasteiger partial charge in [0.15, 0.2) is 0 Å². The molecule has 4 heteroatoms. The van der Waals surface area contributed by atoms with Crippen molar-refractivity contribution in [2.24, 2.45) is 0 Å². The molecule has 2 aromatic rings. The van der Waals surface area contributed by atoms with E-state index in [1.54, 1.807) is 6.26 Å². The van der Waals surface area contributed by atoms with Crippen LogP contribution >= 0.6 is 22.6 Å². The first-order chi connectivity index (χ1) is 8.18. The molecule has 2 rings (SSSR count). The van der Waals surface area contributed by atoms with Crippen molar-refractivity contribution in [3.63, 3.8) is 0 Å². The average molecular weight is 341 g/mol. The van der Waals surface area contributed by atoms with Crippen LogP contribution in [0.25, 0.3) is 0 Å². The van der Waals surface area contributed by atoms with Gasteiger partial charge in [0.05, 0.1) is 17.9 Å². The highest BCUT2D eigenvalue weighted by molar-refractivity contribution is 14.1. The number of carbonyl (C=O) groups is 1. The first kappa shape index (κ1) is 12.2. The summed E-state index contributed by atoms with van der Waals surface area (Å²) in [6, 6.07) is 11.0. The van der Waals surface area contributed by atoms with Gasteiger partial charge in [-0.05, 0) is 53.8 Å². The molecular formula is C13H12INO2. The minimum absolute atomic E-state index is 0.0844. The number of rotatable bonds is 3. The number of nitrogens with one attached hydrogen (secondary N) is 1. The fourth-order valence-electron chi connectivity index (χ4n) is 1.53. The van der Waals surface area contributed by atoms with Gasteiger partial charge in [0.2, 0.25) is 0 Å². The molecule has 0 saturated heterocycles. The standard InChI is InChI=1S/C13H12INO2/c1-9(12-7-4-8-17-12)15-13(16)10-5-2-3-6-11(10)14/h2-9H,1H3,(H,15,16). The number of carbonyl (C=O) groups excluding carboxylic acids is 1. The molecule has 0 spiro atoms. The molecule has 1 amide bonds. The van der Waals surface area contributed by atoms with E-state index in [9.17, 15) is 4.79 Å². The van der Waals surface area contributed by atoms with E-state index in [4.69, 9.17) is 4.42 Å². The highest BCUT2D eigenvalue weighted by Gasteiger charge is 2.14. The Kier molecular flexibility index (Phi) is 3.83. The maximum absolute atomic E-state index is 12.0. The fraction of sp³-hybridized carbons (Fsp3) is 0.154. The topological polar surface area (TPSA) is 42.2 Å². The van der Waals surface area contributed by atoms with E-state index in [2.05, 4.69) is 27.9 Å². The summed E-state index contributed by atoms with van der Waals surface area (Å²) in [5.74, 6) is 0.670. The van der Waals surface area contributed by atoms with Crippen molar-refractivity contribution in [2.45, 2.75) is 13.0 Å². The third-order valence-electron chi connectivity index (χ3n) is 2.44. The highest BCUT2D eigenvalue weighted by Crippen LogP contribution is 2.15. The Labute approximate surface area is 113 Å². The van der Waals surface area contributed by atoms with E-state index in [1.165, 1.54) is 0 Å². The van der Waals surface area contributed by atoms with Crippen molar-refractivity contribution >= 4 is 28.5 Å². The second-order valence-electron chi connectivity index (χ2n) is 3.69. The second-order valence-corrected chi connectivity index (χ2v) is 4.85. The monoisotopic (exact) mass is 341 g/mol. The Hall–Kier alpha value is -1.30. The lowest BCUT2D eigenvalue weighted by Gasteiger charge is -2.12. The van der Waals surface area contributed by atoms with Crippen molar-refractivity contribution in [3.05, 3.63) is 57.6 Å². The largest absolute Gasteiger partial charge is 0.467 e. The lowest BCUT2D eigenvalue weighted by atomic mass is 10.2. The quantitative estimate of drug-likeness (QED) is 0.870. The molecular weight excluding hydrogens is 329 g/mol. The molecule has 1 heterocycles. The van der Waals surface area contributed by atoms with E-state index in [0.29, 0.717) is 5.56 Å². The van der Waals surface area contributed by atoms with Crippen LogP contribution in [-0.4, -0.2) is 5.91 Å². The molecule has 1 aromatic carbocycles. The molecule has 88 valence electrons. The minimum Gasteiger partial charge on any atom is -0.467 e. The number of amides is 1. The van der Waals surface area contributed by atoms with Crippen LogP contribution < -0.4 is 5.32 Å². The zero-order valence-electron chi connectivity index (χ0n) is 9.31. The van der Waals surface area contributed by atoms with E-state index >= 15 is 0 Å². The van der Waals surface area contributed by atoms with Gasteiger partial charge in [-0.15, -0.1) is 0 Å².